The molecule has 136 valence electrons. The van der Waals surface area contributed by atoms with Crippen LogP contribution in [0.1, 0.15) is 0 Å². The summed E-state index contributed by atoms with van der Waals surface area (Å²) >= 11 is 2.51. The molecule has 25 heavy (non-hydrogen) atoms. The first-order chi connectivity index (χ1) is 11.4. The molecule has 1 aliphatic heterocycles. The lowest BCUT2D eigenvalue weighted by molar-refractivity contribution is -0.148. The van der Waals surface area contributed by atoms with Crippen LogP contribution in [0.3, 0.4) is 0 Å². The predicted octanol–water partition coefficient (Wildman–Crippen LogP) is 3.89. The van der Waals surface area contributed by atoms with Gasteiger partial charge in [0, 0.05) is 0 Å². The van der Waals surface area contributed by atoms with Gasteiger partial charge in [0.15, 0.2) is 0 Å². The molecular weight excluding hydrogens is 424 g/mol. The normalized spacial score (nSPS) is 19.2. The molecule has 0 aromatic heterocycles. The van der Waals surface area contributed by atoms with Crippen LogP contribution in [0, 0.1) is 0 Å². The molecule has 1 aliphatic rings. The third kappa shape index (κ3) is 4.06. The van der Waals surface area contributed by atoms with E-state index in [9.17, 15) is 31.1 Å². The molecule has 0 spiro atoms. The molecular formula is C13H8BrF6N3O2. The maximum absolute atomic E-state index is 13.2. The van der Waals surface area contributed by atoms with Crippen molar-refractivity contribution in [2.24, 2.45) is 4.99 Å². The number of hydrazine groups is 1. The monoisotopic (exact) mass is 431 g/mol. The molecule has 1 aromatic rings. The Kier molecular flexibility index (Phi) is 5.02. The van der Waals surface area contributed by atoms with Crippen LogP contribution in [0.15, 0.2) is 46.0 Å². The maximum atomic E-state index is 13.2. The molecule has 1 aromatic carbocycles. The average Bonchev–Trinajstić information content (AvgIpc) is 2.87. The number of rotatable bonds is 3. The Morgan fingerprint density at radius 1 is 1.16 bits per heavy atom. The lowest BCUT2D eigenvalue weighted by atomic mass is 10.3. The summed E-state index contributed by atoms with van der Waals surface area (Å²) in [6.45, 7) is 0. The van der Waals surface area contributed by atoms with Crippen molar-refractivity contribution in [2.45, 2.75) is 18.5 Å². The number of benzene rings is 1. The van der Waals surface area contributed by atoms with Gasteiger partial charge in [0.1, 0.15) is 4.48 Å². The van der Waals surface area contributed by atoms with E-state index >= 15 is 0 Å². The van der Waals surface area contributed by atoms with Gasteiger partial charge >= 0.3 is 18.3 Å². The van der Waals surface area contributed by atoms with Crippen molar-refractivity contribution in [3.8, 4) is 0 Å². The summed E-state index contributed by atoms with van der Waals surface area (Å²) in [5.74, 6) is -3.55. The summed E-state index contributed by atoms with van der Waals surface area (Å²) in [5.41, 5.74) is -0.255. The number of aliphatic carboxylic acids is 1. The Morgan fingerprint density at radius 2 is 1.72 bits per heavy atom. The number of nitrogens with zero attached hydrogens (tertiary/aromatic N) is 3. The molecule has 1 unspecified atom stereocenters. The van der Waals surface area contributed by atoms with Crippen molar-refractivity contribution < 1.29 is 36.2 Å². The molecule has 0 aliphatic carbocycles. The largest absolute Gasteiger partial charge is 0.477 e. The van der Waals surface area contributed by atoms with Crippen LogP contribution in [-0.4, -0.2) is 40.4 Å². The van der Waals surface area contributed by atoms with E-state index in [1.54, 1.807) is 0 Å². The molecule has 2 rings (SSSR count). The Labute approximate surface area is 144 Å². The summed E-state index contributed by atoms with van der Waals surface area (Å²) in [6, 6.07) is 6.39. The Balaban J connectivity index is 2.65. The SMILES string of the molecule is O=C(O)/C(Br)=C\N1C(C(F)(F)F)=NC(C(F)(F)F)N1c1ccccc1. The van der Waals surface area contributed by atoms with E-state index in [1.165, 1.54) is 18.2 Å². The van der Waals surface area contributed by atoms with Crippen LogP contribution in [0.2, 0.25) is 0 Å². The van der Waals surface area contributed by atoms with Gasteiger partial charge in [-0.25, -0.2) is 19.8 Å². The third-order valence-corrected chi connectivity index (χ3v) is 3.48. The molecule has 0 saturated carbocycles. The van der Waals surface area contributed by atoms with Gasteiger partial charge in [0.25, 0.3) is 0 Å². The van der Waals surface area contributed by atoms with Gasteiger partial charge in [-0.05, 0) is 28.1 Å². The lowest BCUT2D eigenvalue weighted by Gasteiger charge is -2.33. The van der Waals surface area contributed by atoms with Crippen LogP contribution >= 0.6 is 15.9 Å². The minimum Gasteiger partial charge on any atom is -0.477 e. The standard InChI is InChI=1S/C13H8BrF6N3O2/c14-8(9(24)25)6-22-10(12(15,16)17)21-11(13(18,19)20)23(22)7-4-2-1-3-5-7/h1-6,11H,(H,24,25)/b8-6+. The zero-order valence-corrected chi connectivity index (χ0v) is 13.5. The highest BCUT2D eigenvalue weighted by atomic mass is 79.9. The highest BCUT2D eigenvalue weighted by molar-refractivity contribution is 9.12. The number of anilines is 1. The second-order valence-electron chi connectivity index (χ2n) is 4.67. The first-order valence-corrected chi connectivity index (χ1v) is 7.18. The summed E-state index contributed by atoms with van der Waals surface area (Å²) < 4.78 is 78.4. The van der Waals surface area contributed by atoms with Gasteiger partial charge in [-0.1, -0.05) is 18.2 Å². The first-order valence-electron chi connectivity index (χ1n) is 6.38. The summed E-state index contributed by atoms with van der Waals surface area (Å²) in [7, 11) is 0. The number of hydrogen-bond acceptors (Lipinski definition) is 4. The highest BCUT2D eigenvalue weighted by Gasteiger charge is 2.56. The minimum atomic E-state index is -5.24. The fraction of sp³-hybridized carbons (Fsp3) is 0.231. The van der Waals surface area contributed by atoms with Crippen LogP contribution in [0.25, 0.3) is 0 Å². The number of carboxylic acids is 1. The van der Waals surface area contributed by atoms with E-state index in [0.29, 0.717) is 6.20 Å². The van der Waals surface area contributed by atoms with Crippen LogP contribution in [0.4, 0.5) is 32.0 Å². The summed E-state index contributed by atoms with van der Waals surface area (Å²) in [4.78, 5) is 13.6. The van der Waals surface area contributed by atoms with Gasteiger partial charge in [0.2, 0.25) is 12.0 Å². The molecule has 5 nitrogen and oxygen atoms in total. The number of hydrogen-bond donors (Lipinski definition) is 1. The third-order valence-electron chi connectivity index (χ3n) is 2.93. The van der Waals surface area contributed by atoms with Crippen molar-refractivity contribution in [2.75, 3.05) is 5.01 Å². The van der Waals surface area contributed by atoms with Crippen LogP contribution < -0.4 is 5.01 Å². The van der Waals surface area contributed by atoms with Crippen molar-refractivity contribution >= 4 is 33.4 Å². The maximum Gasteiger partial charge on any atom is 0.451 e. The number of alkyl halides is 6. The molecule has 0 saturated heterocycles. The molecule has 0 radical (unpaired) electrons. The minimum absolute atomic E-state index is 0.0195. The number of amidine groups is 1. The average molecular weight is 432 g/mol. The van der Waals surface area contributed by atoms with Crippen molar-refractivity contribution in [1.82, 2.24) is 5.01 Å². The molecule has 0 bridgehead atoms. The second-order valence-corrected chi connectivity index (χ2v) is 5.53. The van der Waals surface area contributed by atoms with Crippen molar-refractivity contribution in [3.05, 3.63) is 41.0 Å². The number of carboxylic acid groups (broad SMARTS) is 1. The highest BCUT2D eigenvalue weighted by Crippen LogP contribution is 2.39. The summed E-state index contributed by atoms with van der Waals surface area (Å²) in [5, 5.41) is 9.05. The number of halogens is 7. The zero-order valence-electron chi connectivity index (χ0n) is 11.9. The fourth-order valence-corrected chi connectivity index (χ4v) is 2.19. The smallest absolute Gasteiger partial charge is 0.451 e. The molecule has 0 fully saturated rings. The molecule has 0 amide bonds. The second kappa shape index (κ2) is 6.58. The molecule has 1 heterocycles. The number of carbonyl (C=O) groups is 1. The Bertz CT molecular complexity index is 717. The number of aliphatic imine (C=N–C) groups is 1. The first kappa shape index (κ1) is 19.1. The fourth-order valence-electron chi connectivity index (χ4n) is 2.00. The van der Waals surface area contributed by atoms with E-state index in [0.717, 1.165) is 12.1 Å². The van der Waals surface area contributed by atoms with Gasteiger partial charge < -0.3 is 5.11 Å². The lowest BCUT2D eigenvalue weighted by Crippen LogP contribution is -2.50. The predicted molar refractivity (Wildman–Crippen MR) is 78.7 cm³/mol. The van der Waals surface area contributed by atoms with Gasteiger partial charge in [0.05, 0.1) is 11.9 Å². The van der Waals surface area contributed by atoms with Crippen LogP contribution in [-0.2, 0) is 4.79 Å². The Morgan fingerprint density at radius 3 is 2.16 bits per heavy atom. The van der Waals surface area contributed by atoms with Gasteiger partial charge in [-0.2, -0.15) is 26.3 Å². The van der Waals surface area contributed by atoms with Crippen LogP contribution in [0.5, 0.6) is 0 Å². The quantitative estimate of drug-likeness (QED) is 0.582. The van der Waals surface area contributed by atoms with E-state index in [-0.39, 0.29) is 15.7 Å². The van der Waals surface area contributed by atoms with Crippen molar-refractivity contribution in [1.29, 1.82) is 0 Å². The molecule has 1 N–H and O–H groups in total. The number of para-hydroxylation sites is 1. The van der Waals surface area contributed by atoms with Gasteiger partial charge in [-0.3, -0.25) is 0 Å². The summed E-state index contributed by atoms with van der Waals surface area (Å²) in [6.07, 6.45) is -12.9. The van der Waals surface area contributed by atoms with E-state index in [1.807, 2.05) is 0 Å². The van der Waals surface area contributed by atoms with Gasteiger partial charge in [-0.15, -0.1) is 0 Å². The topological polar surface area (TPSA) is 56.1 Å². The molecule has 12 heteroatoms. The molecule has 1 atom stereocenters. The Hall–Kier alpha value is -2.24. The van der Waals surface area contributed by atoms with Crippen molar-refractivity contribution in [3.63, 3.8) is 0 Å². The van der Waals surface area contributed by atoms with E-state index in [2.05, 4.69) is 20.9 Å². The zero-order chi connectivity index (χ0) is 19.0. The van der Waals surface area contributed by atoms with E-state index in [4.69, 9.17) is 5.11 Å². The van der Waals surface area contributed by atoms with E-state index < -0.39 is 34.8 Å².